The number of fused-ring (bicyclic) bond motifs is 3. The van der Waals surface area contributed by atoms with E-state index in [1.807, 2.05) is 13.8 Å². The summed E-state index contributed by atoms with van der Waals surface area (Å²) in [7, 11) is 1.59. The van der Waals surface area contributed by atoms with Crippen molar-refractivity contribution in [2.24, 2.45) is 4.99 Å². The van der Waals surface area contributed by atoms with Crippen LogP contribution in [0.25, 0.3) is 0 Å². The molecule has 2 aliphatic heterocycles. The summed E-state index contributed by atoms with van der Waals surface area (Å²) in [6, 6.07) is 4.09. The number of aliphatic imine (C=N–C) groups is 1. The molecular formula is C17H15Cl2N4O3+. The molecule has 7 nitrogen and oxygen atoms in total. The number of hydrogen-bond acceptors (Lipinski definition) is 4. The number of halogens is 2. The third kappa shape index (κ3) is 2.34. The number of carbonyl (C=O) groups is 2. The fraction of sp³-hybridized carbons (Fsp3) is 0.294. The molecule has 1 fully saturated rings. The number of benzene rings is 1. The SMILES string of the molecule is Cc1oc2[n+](c1C)C1C(=O)N(Cc3ccc(Cl)cc3Cl)C(=O)N(C)C1=N2. The number of hydrogen-bond donors (Lipinski definition) is 0. The van der Waals surface area contributed by atoms with Gasteiger partial charge in [0, 0.05) is 29.0 Å². The minimum Gasteiger partial charge on any atom is -0.389 e. The van der Waals surface area contributed by atoms with Gasteiger partial charge in [-0.15, -0.1) is 0 Å². The first-order valence-electron chi connectivity index (χ1n) is 7.92. The molecule has 134 valence electrons. The second-order valence-electron chi connectivity index (χ2n) is 6.27. The Morgan fingerprint density at radius 2 is 2.00 bits per heavy atom. The van der Waals surface area contributed by atoms with E-state index in [9.17, 15) is 9.59 Å². The number of aryl methyl sites for hydroxylation is 1. The smallest absolute Gasteiger partial charge is 0.389 e. The number of amidine groups is 1. The molecule has 3 amide bonds. The highest BCUT2D eigenvalue weighted by Gasteiger charge is 2.55. The van der Waals surface area contributed by atoms with Crippen molar-refractivity contribution in [1.82, 2.24) is 9.80 Å². The van der Waals surface area contributed by atoms with Gasteiger partial charge in [0.15, 0.2) is 5.76 Å². The van der Waals surface area contributed by atoms with Gasteiger partial charge in [-0.3, -0.25) is 14.6 Å². The van der Waals surface area contributed by atoms with E-state index in [0.717, 1.165) is 5.69 Å². The molecule has 0 saturated carbocycles. The normalized spacial score (nSPS) is 19.0. The van der Waals surface area contributed by atoms with Crippen molar-refractivity contribution >= 4 is 47.0 Å². The standard InChI is InChI=1S/C17H15Cl2N4O3/c1-8-9(2)26-16-20-14-13(23(8)16)15(24)22(17(25)21(14)3)7-10-4-5-11(18)6-12(10)19/h4-6,13H,7H2,1-3H3/q+1. The maximum absolute atomic E-state index is 13.1. The summed E-state index contributed by atoms with van der Waals surface area (Å²) in [5.41, 5.74) is 1.43. The van der Waals surface area contributed by atoms with Crippen LogP contribution in [0.15, 0.2) is 27.6 Å². The number of imide groups is 1. The summed E-state index contributed by atoms with van der Waals surface area (Å²) in [6.07, 6.45) is 0. The third-order valence-corrected chi connectivity index (χ3v) is 5.33. The molecule has 3 heterocycles. The van der Waals surface area contributed by atoms with Crippen LogP contribution >= 0.6 is 23.2 Å². The van der Waals surface area contributed by atoms with Crippen LogP contribution in [0.2, 0.25) is 10.0 Å². The number of amides is 3. The van der Waals surface area contributed by atoms with Crippen molar-refractivity contribution in [1.29, 1.82) is 0 Å². The van der Waals surface area contributed by atoms with Gasteiger partial charge in [0.1, 0.15) is 5.69 Å². The van der Waals surface area contributed by atoms with Crippen molar-refractivity contribution < 1.29 is 18.6 Å². The number of urea groups is 1. The van der Waals surface area contributed by atoms with E-state index in [0.29, 0.717) is 33.2 Å². The van der Waals surface area contributed by atoms with E-state index in [4.69, 9.17) is 27.6 Å². The summed E-state index contributed by atoms with van der Waals surface area (Å²) in [5.74, 6) is 0.674. The van der Waals surface area contributed by atoms with Crippen LogP contribution < -0.4 is 4.57 Å². The maximum atomic E-state index is 13.1. The van der Waals surface area contributed by atoms with Gasteiger partial charge in [0.05, 0.1) is 6.54 Å². The van der Waals surface area contributed by atoms with Gasteiger partial charge < -0.3 is 4.42 Å². The molecule has 4 rings (SSSR count). The molecular weight excluding hydrogens is 379 g/mol. The molecule has 1 unspecified atom stereocenters. The number of rotatable bonds is 2. The molecule has 0 N–H and O–H groups in total. The van der Waals surface area contributed by atoms with Gasteiger partial charge >= 0.3 is 12.0 Å². The molecule has 1 aromatic heterocycles. The Labute approximate surface area is 159 Å². The summed E-state index contributed by atoms with van der Waals surface area (Å²) < 4.78 is 7.31. The number of likely N-dealkylation sites (N-methyl/N-ethyl adjacent to an activating group) is 1. The Morgan fingerprint density at radius 1 is 1.27 bits per heavy atom. The lowest BCUT2D eigenvalue weighted by molar-refractivity contribution is -0.685. The lowest BCUT2D eigenvalue weighted by atomic mass is 10.1. The Morgan fingerprint density at radius 3 is 2.69 bits per heavy atom. The second-order valence-corrected chi connectivity index (χ2v) is 7.11. The Hall–Kier alpha value is -2.38. The van der Waals surface area contributed by atoms with Crippen molar-refractivity contribution in [3.63, 3.8) is 0 Å². The molecule has 2 aliphatic rings. The molecule has 1 saturated heterocycles. The van der Waals surface area contributed by atoms with E-state index in [-0.39, 0.29) is 12.5 Å². The Balaban J connectivity index is 1.74. The number of oxazole rings is 1. The van der Waals surface area contributed by atoms with Gasteiger partial charge in [0.25, 0.3) is 17.8 Å². The fourth-order valence-electron chi connectivity index (χ4n) is 3.19. The van der Waals surface area contributed by atoms with Crippen LogP contribution in [0.5, 0.6) is 0 Å². The topological polar surface area (TPSA) is 70.0 Å². The Bertz CT molecular complexity index is 998. The first-order valence-corrected chi connectivity index (χ1v) is 8.68. The monoisotopic (exact) mass is 393 g/mol. The van der Waals surface area contributed by atoms with Crippen LogP contribution in [-0.4, -0.2) is 34.6 Å². The zero-order valence-electron chi connectivity index (χ0n) is 14.3. The van der Waals surface area contributed by atoms with Crippen LogP contribution in [0.4, 0.5) is 10.8 Å². The molecule has 2 aromatic rings. The number of aromatic nitrogens is 1. The molecule has 26 heavy (non-hydrogen) atoms. The second kappa shape index (κ2) is 5.82. The van der Waals surface area contributed by atoms with Gasteiger partial charge in [-0.1, -0.05) is 29.3 Å². The van der Waals surface area contributed by atoms with Crippen LogP contribution in [-0.2, 0) is 11.3 Å². The molecule has 0 aliphatic carbocycles. The van der Waals surface area contributed by atoms with Gasteiger partial charge in [-0.2, -0.15) is 4.57 Å². The molecule has 9 heteroatoms. The molecule has 1 atom stereocenters. The van der Waals surface area contributed by atoms with E-state index < -0.39 is 12.1 Å². The van der Waals surface area contributed by atoms with E-state index in [1.165, 1.54) is 9.80 Å². The highest BCUT2D eigenvalue weighted by molar-refractivity contribution is 6.35. The first kappa shape index (κ1) is 17.1. The summed E-state index contributed by atoms with van der Waals surface area (Å²) in [6.45, 7) is 3.71. The summed E-state index contributed by atoms with van der Waals surface area (Å²) >= 11 is 12.1. The summed E-state index contributed by atoms with van der Waals surface area (Å²) in [5, 5.41) is 0.886. The fourth-order valence-corrected chi connectivity index (χ4v) is 3.66. The van der Waals surface area contributed by atoms with Gasteiger partial charge in [-0.05, 0) is 24.6 Å². The molecule has 0 spiro atoms. The predicted molar refractivity (Wildman–Crippen MR) is 94.7 cm³/mol. The minimum atomic E-state index is -0.726. The first-order chi connectivity index (χ1) is 12.3. The largest absolute Gasteiger partial charge is 0.507 e. The van der Waals surface area contributed by atoms with Crippen molar-refractivity contribution in [3.8, 4) is 0 Å². The lowest BCUT2D eigenvalue weighted by Crippen LogP contribution is -2.63. The third-order valence-electron chi connectivity index (χ3n) is 4.74. The van der Waals surface area contributed by atoms with Gasteiger partial charge in [0.2, 0.25) is 0 Å². The van der Waals surface area contributed by atoms with Gasteiger partial charge in [-0.25, -0.2) is 4.79 Å². The average Bonchev–Trinajstić information content (AvgIpc) is 3.08. The van der Waals surface area contributed by atoms with Crippen molar-refractivity contribution in [3.05, 3.63) is 45.3 Å². The van der Waals surface area contributed by atoms with E-state index in [1.54, 1.807) is 29.8 Å². The zero-order chi connectivity index (χ0) is 18.7. The molecule has 1 aromatic carbocycles. The predicted octanol–water partition coefficient (Wildman–Crippen LogP) is 3.17. The van der Waals surface area contributed by atoms with Crippen LogP contribution in [0, 0.1) is 13.8 Å². The summed E-state index contributed by atoms with van der Waals surface area (Å²) in [4.78, 5) is 32.7. The van der Waals surface area contributed by atoms with E-state index in [2.05, 4.69) is 4.99 Å². The van der Waals surface area contributed by atoms with E-state index >= 15 is 0 Å². The molecule has 0 radical (unpaired) electrons. The lowest BCUT2D eigenvalue weighted by Gasteiger charge is -2.32. The van der Waals surface area contributed by atoms with Crippen LogP contribution in [0.3, 0.4) is 0 Å². The minimum absolute atomic E-state index is 0.0492. The number of nitrogens with zero attached hydrogens (tertiary/aromatic N) is 4. The van der Waals surface area contributed by atoms with Crippen molar-refractivity contribution in [2.75, 3.05) is 7.05 Å². The molecule has 0 bridgehead atoms. The highest BCUT2D eigenvalue weighted by atomic mass is 35.5. The van der Waals surface area contributed by atoms with Crippen molar-refractivity contribution in [2.45, 2.75) is 26.4 Å². The maximum Gasteiger partial charge on any atom is 0.507 e. The zero-order valence-corrected chi connectivity index (χ0v) is 15.8. The average molecular weight is 394 g/mol. The Kier molecular flexibility index (Phi) is 3.82. The number of carbonyl (C=O) groups excluding carboxylic acids is 2. The highest BCUT2D eigenvalue weighted by Crippen LogP contribution is 2.32. The van der Waals surface area contributed by atoms with Crippen LogP contribution in [0.1, 0.15) is 23.1 Å². The quantitative estimate of drug-likeness (QED) is 0.735.